The van der Waals surface area contributed by atoms with Gasteiger partial charge in [-0.1, -0.05) is 6.08 Å². The summed E-state index contributed by atoms with van der Waals surface area (Å²) in [7, 11) is 1.96. The van der Waals surface area contributed by atoms with Crippen LogP contribution in [0.2, 0.25) is 0 Å². The largest absolute Gasteiger partial charge is 0.340 e. The van der Waals surface area contributed by atoms with Gasteiger partial charge < -0.3 is 5.32 Å². The number of carbonyl (C=O) groups is 2. The van der Waals surface area contributed by atoms with Crippen molar-refractivity contribution in [1.82, 2.24) is 14.9 Å². The molecule has 5 nitrogen and oxygen atoms in total. The zero-order chi connectivity index (χ0) is 15.0. The van der Waals surface area contributed by atoms with Crippen LogP contribution in [-0.4, -0.2) is 47.1 Å². The Morgan fingerprint density at radius 1 is 1.38 bits per heavy atom. The van der Waals surface area contributed by atoms with E-state index in [1.807, 2.05) is 7.05 Å². The molecule has 2 amide bonds. The first-order valence-corrected chi connectivity index (χ1v) is 8.55. The average Bonchev–Trinajstić information content (AvgIpc) is 3.36. The van der Waals surface area contributed by atoms with Crippen LogP contribution in [0.1, 0.15) is 32.1 Å². The fraction of sp³-hybridized carbons (Fsp3) is 0.733. The van der Waals surface area contributed by atoms with Gasteiger partial charge in [0.15, 0.2) is 0 Å². The van der Waals surface area contributed by atoms with Crippen molar-refractivity contribution in [2.75, 3.05) is 13.6 Å². The van der Waals surface area contributed by atoms with Crippen LogP contribution in [0.5, 0.6) is 0 Å². The molecule has 0 aromatic heterocycles. The average molecular weight is 309 g/mol. The van der Waals surface area contributed by atoms with Gasteiger partial charge in [-0.15, -0.1) is 6.58 Å². The minimum Gasteiger partial charge on any atom is -0.340 e. The molecule has 0 radical (unpaired) electrons. The van der Waals surface area contributed by atoms with Crippen molar-refractivity contribution in [3.8, 4) is 0 Å². The van der Waals surface area contributed by atoms with Gasteiger partial charge in [0, 0.05) is 11.2 Å². The molecule has 1 aliphatic heterocycles. The van der Waals surface area contributed by atoms with Gasteiger partial charge in [-0.3, -0.25) is 19.2 Å². The first-order valence-electron chi connectivity index (χ1n) is 7.68. The lowest BCUT2D eigenvalue weighted by Crippen LogP contribution is -2.53. The van der Waals surface area contributed by atoms with Gasteiger partial charge in [-0.25, -0.2) is 0 Å². The number of amides is 2. The fourth-order valence-electron chi connectivity index (χ4n) is 2.99. The number of nitrogens with zero attached hydrogens (tertiary/aromatic N) is 1. The van der Waals surface area contributed by atoms with E-state index in [-0.39, 0.29) is 23.8 Å². The molecular weight excluding hydrogens is 286 g/mol. The van der Waals surface area contributed by atoms with Crippen molar-refractivity contribution in [2.45, 2.75) is 48.9 Å². The molecule has 3 fully saturated rings. The van der Waals surface area contributed by atoms with Crippen molar-refractivity contribution < 1.29 is 9.59 Å². The van der Waals surface area contributed by atoms with Crippen LogP contribution in [0.4, 0.5) is 0 Å². The van der Waals surface area contributed by atoms with Gasteiger partial charge in [0.1, 0.15) is 5.54 Å². The number of carbonyl (C=O) groups excluding carboxylic acids is 2. The second-order valence-corrected chi connectivity index (χ2v) is 7.50. The minimum atomic E-state index is -0.760. The van der Waals surface area contributed by atoms with E-state index in [2.05, 4.69) is 21.5 Å². The Balaban J connectivity index is 1.62. The molecule has 116 valence electrons. The van der Waals surface area contributed by atoms with Crippen LogP contribution in [0.15, 0.2) is 12.7 Å². The number of hydrogen-bond donors (Lipinski definition) is 2. The molecule has 0 aromatic rings. The second-order valence-electron chi connectivity index (χ2n) is 6.39. The maximum absolute atomic E-state index is 12.5. The van der Waals surface area contributed by atoms with Crippen molar-refractivity contribution >= 4 is 23.8 Å². The van der Waals surface area contributed by atoms with Crippen LogP contribution in [0, 0.1) is 5.92 Å². The summed E-state index contributed by atoms with van der Waals surface area (Å²) >= 11 is 1.49. The molecule has 1 heterocycles. The molecule has 2 aliphatic carbocycles. The van der Waals surface area contributed by atoms with Crippen LogP contribution < -0.4 is 10.0 Å². The smallest absolute Gasteiger partial charge is 0.256 e. The van der Waals surface area contributed by atoms with Gasteiger partial charge in [-0.2, -0.15) is 0 Å². The molecule has 6 heteroatoms. The highest BCUT2D eigenvalue weighted by molar-refractivity contribution is 7.98. The van der Waals surface area contributed by atoms with E-state index in [4.69, 9.17) is 0 Å². The standard InChI is InChI=1S/C15H23N3O2S/c1-3-10-9-15(10,14(20)17-21-11-6-7-11)16-13(19)12-5-4-8-18(12)2/h3,10-12H,1,4-9H2,2H3,(H,16,19)(H,17,20). The fourth-order valence-corrected chi connectivity index (χ4v) is 3.82. The Labute approximate surface area is 130 Å². The molecule has 21 heavy (non-hydrogen) atoms. The van der Waals surface area contributed by atoms with E-state index in [1.165, 1.54) is 24.8 Å². The summed E-state index contributed by atoms with van der Waals surface area (Å²) in [5, 5.41) is 3.57. The Kier molecular flexibility index (Phi) is 4.01. The van der Waals surface area contributed by atoms with Crippen molar-refractivity contribution in [1.29, 1.82) is 0 Å². The summed E-state index contributed by atoms with van der Waals surface area (Å²) in [5.74, 6) is -0.0443. The first-order chi connectivity index (χ1) is 10.1. The molecule has 2 saturated carbocycles. The lowest BCUT2D eigenvalue weighted by molar-refractivity contribution is -0.131. The molecule has 2 N–H and O–H groups in total. The van der Waals surface area contributed by atoms with Gasteiger partial charge in [0.25, 0.3) is 5.91 Å². The van der Waals surface area contributed by atoms with E-state index in [1.54, 1.807) is 6.08 Å². The summed E-state index contributed by atoms with van der Waals surface area (Å²) in [6.07, 6.45) is 6.69. The highest BCUT2D eigenvalue weighted by atomic mass is 32.2. The number of rotatable bonds is 6. The predicted molar refractivity (Wildman–Crippen MR) is 83.6 cm³/mol. The third-order valence-corrected chi connectivity index (χ3v) is 5.82. The lowest BCUT2D eigenvalue weighted by Gasteiger charge is -2.23. The van der Waals surface area contributed by atoms with Gasteiger partial charge in [0.2, 0.25) is 5.91 Å². The summed E-state index contributed by atoms with van der Waals surface area (Å²) in [5.41, 5.74) is -0.760. The molecule has 0 aromatic carbocycles. The lowest BCUT2D eigenvalue weighted by atomic mass is 10.1. The summed E-state index contributed by atoms with van der Waals surface area (Å²) in [6, 6.07) is -0.100. The van der Waals surface area contributed by atoms with E-state index in [0.29, 0.717) is 11.7 Å². The molecule has 0 bridgehead atoms. The number of hydrogen-bond acceptors (Lipinski definition) is 4. The topological polar surface area (TPSA) is 61.4 Å². The number of nitrogens with one attached hydrogen (secondary N) is 2. The Morgan fingerprint density at radius 2 is 2.14 bits per heavy atom. The van der Waals surface area contributed by atoms with Gasteiger partial charge in [0.05, 0.1) is 6.04 Å². The third-order valence-electron chi connectivity index (χ3n) is 4.72. The zero-order valence-electron chi connectivity index (χ0n) is 12.4. The highest BCUT2D eigenvalue weighted by Gasteiger charge is 2.60. The summed E-state index contributed by atoms with van der Waals surface area (Å²) < 4.78 is 2.92. The minimum absolute atomic E-state index is 0.0223. The van der Waals surface area contributed by atoms with Crippen molar-refractivity contribution in [3.05, 3.63) is 12.7 Å². The zero-order valence-corrected chi connectivity index (χ0v) is 13.2. The van der Waals surface area contributed by atoms with Gasteiger partial charge in [-0.05, 0) is 57.6 Å². The van der Waals surface area contributed by atoms with E-state index in [0.717, 1.165) is 19.4 Å². The molecule has 3 rings (SSSR count). The van der Waals surface area contributed by atoms with Crippen molar-refractivity contribution in [3.63, 3.8) is 0 Å². The second kappa shape index (κ2) is 5.65. The van der Waals surface area contributed by atoms with Gasteiger partial charge >= 0.3 is 0 Å². The number of likely N-dealkylation sites (N-methyl/N-ethyl adjacent to an activating group) is 1. The maximum Gasteiger partial charge on any atom is 0.256 e. The normalized spacial score (nSPS) is 35.3. The maximum atomic E-state index is 12.5. The van der Waals surface area contributed by atoms with Crippen molar-refractivity contribution in [2.24, 2.45) is 5.92 Å². The number of likely N-dealkylation sites (tertiary alicyclic amines) is 1. The van der Waals surface area contributed by atoms with Crippen LogP contribution in [-0.2, 0) is 9.59 Å². The molecule has 1 saturated heterocycles. The molecule has 3 aliphatic rings. The summed E-state index contributed by atoms with van der Waals surface area (Å²) in [4.78, 5) is 27.0. The predicted octanol–water partition coefficient (Wildman–Crippen LogP) is 1.07. The Bertz CT molecular complexity index is 466. The Hall–Kier alpha value is -1.01. The van der Waals surface area contributed by atoms with E-state index in [9.17, 15) is 9.59 Å². The molecule has 3 atom stereocenters. The monoisotopic (exact) mass is 309 g/mol. The molecular formula is C15H23N3O2S. The Morgan fingerprint density at radius 3 is 2.67 bits per heavy atom. The third kappa shape index (κ3) is 2.97. The van der Waals surface area contributed by atoms with E-state index < -0.39 is 5.54 Å². The summed E-state index contributed by atoms with van der Waals surface area (Å²) in [6.45, 7) is 4.72. The molecule has 0 spiro atoms. The molecule has 3 unspecified atom stereocenters. The SMILES string of the molecule is C=CC1CC1(NC(=O)C1CCCN1C)C(=O)NSC1CC1. The van der Waals surface area contributed by atoms with Crippen LogP contribution in [0.25, 0.3) is 0 Å². The van der Waals surface area contributed by atoms with Crippen LogP contribution in [0.3, 0.4) is 0 Å². The first kappa shape index (κ1) is 14.9. The highest BCUT2D eigenvalue weighted by Crippen LogP contribution is 2.45. The quantitative estimate of drug-likeness (QED) is 0.569. The van der Waals surface area contributed by atoms with Crippen LogP contribution >= 0.6 is 11.9 Å². The van der Waals surface area contributed by atoms with E-state index >= 15 is 0 Å².